The van der Waals surface area contributed by atoms with Crippen molar-refractivity contribution in [3.63, 3.8) is 0 Å². The van der Waals surface area contributed by atoms with Crippen LogP contribution >= 0.6 is 0 Å². The van der Waals surface area contributed by atoms with Gasteiger partial charge in [-0.15, -0.1) is 0 Å². The first kappa shape index (κ1) is 14.5. The zero-order chi connectivity index (χ0) is 13.8. The highest BCUT2D eigenvalue weighted by Crippen LogP contribution is 2.17. The summed E-state index contributed by atoms with van der Waals surface area (Å²) in [6, 6.07) is 4.70. The Kier molecular flexibility index (Phi) is 4.69. The molecule has 0 aliphatic rings. The summed E-state index contributed by atoms with van der Waals surface area (Å²) in [6.07, 6.45) is 1.04. The van der Waals surface area contributed by atoms with Crippen molar-refractivity contribution in [1.29, 1.82) is 0 Å². The van der Waals surface area contributed by atoms with Gasteiger partial charge in [-0.3, -0.25) is 4.79 Å². The molecule has 100 valence electrons. The van der Waals surface area contributed by atoms with E-state index in [4.69, 9.17) is 0 Å². The van der Waals surface area contributed by atoms with Crippen molar-refractivity contribution in [2.24, 2.45) is 0 Å². The van der Waals surface area contributed by atoms with Gasteiger partial charge in [0.2, 0.25) is 10.0 Å². The third kappa shape index (κ3) is 4.72. The standard InChI is InChI=1S/C11H16N2O4S/c1-8-3-4-10(14)9(7-8)11(15)12-5-6-13-18(2,16)17/h3-4,7,13-14H,5-6H2,1-2H3,(H,12,15). The molecule has 6 nitrogen and oxygen atoms in total. The third-order valence-corrected chi connectivity index (χ3v) is 2.90. The van der Waals surface area contributed by atoms with Crippen molar-refractivity contribution in [2.75, 3.05) is 19.3 Å². The Morgan fingerprint density at radius 3 is 2.61 bits per heavy atom. The summed E-state index contributed by atoms with van der Waals surface area (Å²) < 4.78 is 23.8. The number of nitrogens with one attached hydrogen (secondary N) is 2. The van der Waals surface area contributed by atoms with Gasteiger partial charge in [0.05, 0.1) is 11.8 Å². The molecule has 1 rings (SSSR count). The lowest BCUT2D eigenvalue weighted by molar-refractivity contribution is 0.0951. The number of aryl methyl sites for hydroxylation is 1. The quantitative estimate of drug-likeness (QED) is 0.656. The van der Waals surface area contributed by atoms with Crippen molar-refractivity contribution in [2.45, 2.75) is 6.92 Å². The first-order chi connectivity index (χ1) is 8.29. The molecular weight excluding hydrogens is 256 g/mol. The predicted molar refractivity (Wildman–Crippen MR) is 68.0 cm³/mol. The maximum atomic E-state index is 11.7. The predicted octanol–water partition coefficient (Wildman–Crippen LogP) is -0.0204. The first-order valence-corrected chi connectivity index (χ1v) is 7.21. The molecule has 1 aromatic carbocycles. The molecule has 0 saturated carbocycles. The normalized spacial score (nSPS) is 11.2. The molecule has 0 radical (unpaired) electrons. The van der Waals surface area contributed by atoms with E-state index in [1.165, 1.54) is 6.07 Å². The lowest BCUT2D eigenvalue weighted by Gasteiger charge is -2.07. The van der Waals surface area contributed by atoms with Crippen molar-refractivity contribution in [3.05, 3.63) is 29.3 Å². The first-order valence-electron chi connectivity index (χ1n) is 5.32. The highest BCUT2D eigenvalue weighted by Gasteiger charge is 2.10. The van der Waals surface area contributed by atoms with Crippen molar-refractivity contribution < 1.29 is 18.3 Å². The summed E-state index contributed by atoms with van der Waals surface area (Å²) in [7, 11) is -3.25. The lowest BCUT2D eigenvalue weighted by Crippen LogP contribution is -2.34. The van der Waals surface area contributed by atoms with E-state index in [1.54, 1.807) is 19.1 Å². The molecule has 0 unspecified atom stereocenters. The van der Waals surface area contributed by atoms with Crippen LogP contribution in [-0.2, 0) is 10.0 Å². The van der Waals surface area contributed by atoms with Crippen LogP contribution in [0.5, 0.6) is 5.75 Å². The minimum absolute atomic E-state index is 0.103. The number of phenolic OH excluding ortho intramolecular Hbond substituents is 1. The number of hydrogen-bond donors (Lipinski definition) is 3. The van der Waals surface area contributed by atoms with Gasteiger partial charge in [0.15, 0.2) is 0 Å². The Hall–Kier alpha value is -1.60. The van der Waals surface area contributed by atoms with Crippen molar-refractivity contribution in [1.82, 2.24) is 10.0 Å². The summed E-state index contributed by atoms with van der Waals surface area (Å²) in [5.74, 6) is -0.541. The molecule has 18 heavy (non-hydrogen) atoms. The number of carbonyl (C=O) groups excluding carboxylic acids is 1. The second-order valence-electron chi connectivity index (χ2n) is 3.94. The molecule has 0 heterocycles. The van der Waals surface area contributed by atoms with Crippen molar-refractivity contribution in [3.8, 4) is 5.75 Å². The number of aromatic hydroxyl groups is 1. The van der Waals surface area contributed by atoms with E-state index >= 15 is 0 Å². The summed E-state index contributed by atoms with van der Waals surface area (Å²) in [5.41, 5.74) is 1.03. The van der Waals surface area contributed by atoms with Crippen LogP contribution in [0.3, 0.4) is 0 Å². The SMILES string of the molecule is Cc1ccc(O)c(C(=O)NCCNS(C)(=O)=O)c1. The molecule has 0 aliphatic heterocycles. The van der Waals surface area contributed by atoms with Gasteiger partial charge in [0.1, 0.15) is 5.75 Å². The maximum Gasteiger partial charge on any atom is 0.255 e. The van der Waals surface area contributed by atoms with Gasteiger partial charge < -0.3 is 10.4 Å². The van der Waals surface area contributed by atoms with Crippen LogP contribution < -0.4 is 10.0 Å². The van der Waals surface area contributed by atoms with E-state index in [0.717, 1.165) is 11.8 Å². The summed E-state index contributed by atoms with van der Waals surface area (Å²) in [6.45, 7) is 2.07. The fourth-order valence-corrected chi connectivity index (χ4v) is 1.81. The molecule has 0 spiro atoms. The number of amides is 1. The molecule has 0 fully saturated rings. The van der Waals surface area contributed by atoms with Crippen LogP contribution in [0, 0.1) is 6.92 Å². The second kappa shape index (κ2) is 5.83. The van der Waals surface area contributed by atoms with E-state index < -0.39 is 15.9 Å². The molecule has 0 saturated heterocycles. The summed E-state index contributed by atoms with van der Waals surface area (Å²) in [4.78, 5) is 11.7. The number of hydrogen-bond acceptors (Lipinski definition) is 4. The fraction of sp³-hybridized carbons (Fsp3) is 0.364. The van der Waals surface area contributed by atoms with Crippen LogP contribution in [-0.4, -0.2) is 38.8 Å². The molecule has 1 aromatic rings. The fourth-order valence-electron chi connectivity index (χ4n) is 1.34. The number of rotatable bonds is 5. The Morgan fingerprint density at radius 1 is 1.33 bits per heavy atom. The van der Waals surface area contributed by atoms with Crippen LogP contribution in [0.15, 0.2) is 18.2 Å². The maximum absolute atomic E-state index is 11.7. The lowest BCUT2D eigenvalue weighted by atomic mass is 10.1. The average molecular weight is 272 g/mol. The second-order valence-corrected chi connectivity index (χ2v) is 5.78. The molecular formula is C11H16N2O4S. The molecule has 7 heteroatoms. The Morgan fingerprint density at radius 2 is 2.00 bits per heavy atom. The van der Waals surface area contributed by atoms with Gasteiger partial charge in [0.25, 0.3) is 5.91 Å². The van der Waals surface area contributed by atoms with Crippen LogP contribution in [0.25, 0.3) is 0 Å². The zero-order valence-electron chi connectivity index (χ0n) is 10.2. The Labute approximate surface area is 106 Å². The molecule has 0 aromatic heterocycles. The van der Waals surface area contributed by atoms with Gasteiger partial charge in [-0.05, 0) is 19.1 Å². The van der Waals surface area contributed by atoms with Crippen LogP contribution in [0.4, 0.5) is 0 Å². The molecule has 1 amide bonds. The smallest absolute Gasteiger partial charge is 0.255 e. The van der Waals surface area contributed by atoms with E-state index in [2.05, 4.69) is 10.0 Å². The highest BCUT2D eigenvalue weighted by molar-refractivity contribution is 7.88. The minimum atomic E-state index is -3.25. The average Bonchev–Trinajstić information content (AvgIpc) is 2.26. The van der Waals surface area contributed by atoms with Gasteiger partial charge >= 0.3 is 0 Å². The third-order valence-electron chi connectivity index (χ3n) is 2.17. The zero-order valence-corrected chi connectivity index (χ0v) is 11.0. The minimum Gasteiger partial charge on any atom is -0.507 e. The molecule has 0 atom stereocenters. The van der Waals surface area contributed by atoms with E-state index in [9.17, 15) is 18.3 Å². The number of carbonyl (C=O) groups is 1. The summed E-state index contributed by atoms with van der Waals surface area (Å²) in [5, 5.41) is 12.0. The number of phenols is 1. The van der Waals surface area contributed by atoms with Gasteiger partial charge in [-0.1, -0.05) is 11.6 Å². The van der Waals surface area contributed by atoms with Crippen LogP contribution in [0.1, 0.15) is 15.9 Å². The monoisotopic (exact) mass is 272 g/mol. The van der Waals surface area contributed by atoms with E-state index in [0.29, 0.717) is 0 Å². The largest absolute Gasteiger partial charge is 0.507 e. The highest BCUT2D eigenvalue weighted by atomic mass is 32.2. The van der Waals surface area contributed by atoms with Gasteiger partial charge in [0, 0.05) is 13.1 Å². The Balaban J connectivity index is 2.53. The topological polar surface area (TPSA) is 95.5 Å². The van der Waals surface area contributed by atoms with E-state index in [-0.39, 0.29) is 24.4 Å². The van der Waals surface area contributed by atoms with Gasteiger partial charge in [-0.2, -0.15) is 0 Å². The molecule has 0 bridgehead atoms. The molecule has 0 aliphatic carbocycles. The Bertz CT molecular complexity index is 540. The summed E-state index contributed by atoms with van der Waals surface area (Å²) >= 11 is 0. The van der Waals surface area contributed by atoms with Gasteiger partial charge in [-0.25, -0.2) is 13.1 Å². The molecule has 3 N–H and O–H groups in total. The number of sulfonamides is 1. The van der Waals surface area contributed by atoms with Crippen molar-refractivity contribution >= 4 is 15.9 Å². The van der Waals surface area contributed by atoms with E-state index in [1.807, 2.05) is 0 Å². The van der Waals surface area contributed by atoms with Crippen LogP contribution in [0.2, 0.25) is 0 Å². The number of benzene rings is 1.